The Labute approximate surface area is 120 Å². The van der Waals surface area contributed by atoms with Crippen LogP contribution in [-0.4, -0.2) is 23.5 Å². The van der Waals surface area contributed by atoms with Crippen LogP contribution in [0, 0.1) is 5.92 Å². The van der Waals surface area contributed by atoms with Crippen molar-refractivity contribution in [3.63, 3.8) is 0 Å². The van der Waals surface area contributed by atoms with Crippen LogP contribution in [0.15, 0.2) is 28.9 Å². The molecular formula is C15H16BrNO2. The van der Waals surface area contributed by atoms with Crippen LogP contribution in [0.3, 0.4) is 0 Å². The van der Waals surface area contributed by atoms with E-state index >= 15 is 0 Å². The molecule has 1 aliphatic rings. The fraction of sp³-hybridized carbons (Fsp3) is 0.400. The number of ether oxygens (including phenoxy) is 1. The molecule has 1 saturated heterocycles. The van der Waals surface area contributed by atoms with E-state index in [1.54, 1.807) is 0 Å². The molecule has 1 aromatic heterocycles. The zero-order valence-corrected chi connectivity index (χ0v) is 12.4. The van der Waals surface area contributed by atoms with Gasteiger partial charge in [0, 0.05) is 33.7 Å². The minimum Gasteiger partial charge on any atom is -0.377 e. The maximum Gasteiger partial charge on any atom is 0.170 e. The molecular weight excluding hydrogens is 306 g/mol. The predicted molar refractivity (Wildman–Crippen MR) is 78.5 cm³/mol. The van der Waals surface area contributed by atoms with E-state index in [0.717, 1.165) is 33.8 Å². The van der Waals surface area contributed by atoms with Gasteiger partial charge in [0.1, 0.15) is 0 Å². The minimum absolute atomic E-state index is 0.00276. The molecule has 0 bridgehead atoms. The Hall–Kier alpha value is -1.13. The second-order valence-electron chi connectivity index (χ2n) is 4.97. The number of hydrogen-bond donors (Lipinski definition) is 1. The summed E-state index contributed by atoms with van der Waals surface area (Å²) >= 11 is 3.46. The Kier molecular flexibility index (Phi) is 3.46. The number of ketones is 1. The fourth-order valence-electron chi connectivity index (χ4n) is 2.85. The molecule has 2 heterocycles. The SMILES string of the molecule is CCC1OCCC1C(=O)c1c[nH]c2ccc(Br)cc12. The van der Waals surface area contributed by atoms with E-state index in [1.165, 1.54) is 0 Å². The molecule has 1 aromatic carbocycles. The predicted octanol–water partition coefficient (Wildman–Crippen LogP) is 3.93. The van der Waals surface area contributed by atoms with E-state index in [1.807, 2.05) is 24.4 Å². The lowest BCUT2D eigenvalue weighted by Crippen LogP contribution is -2.23. The van der Waals surface area contributed by atoms with Crippen molar-refractivity contribution < 1.29 is 9.53 Å². The van der Waals surface area contributed by atoms with Crippen LogP contribution < -0.4 is 0 Å². The van der Waals surface area contributed by atoms with E-state index in [-0.39, 0.29) is 17.8 Å². The molecule has 3 nitrogen and oxygen atoms in total. The highest BCUT2D eigenvalue weighted by molar-refractivity contribution is 9.10. The van der Waals surface area contributed by atoms with Gasteiger partial charge in [-0.05, 0) is 31.0 Å². The summed E-state index contributed by atoms with van der Waals surface area (Å²) in [6.45, 7) is 2.77. The van der Waals surface area contributed by atoms with E-state index in [2.05, 4.69) is 27.8 Å². The first kappa shape index (κ1) is 12.9. The molecule has 2 atom stereocenters. The highest BCUT2D eigenvalue weighted by Crippen LogP contribution is 2.30. The summed E-state index contributed by atoms with van der Waals surface area (Å²) < 4.78 is 6.62. The molecule has 0 saturated carbocycles. The van der Waals surface area contributed by atoms with Crippen molar-refractivity contribution >= 4 is 32.6 Å². The summed E-state index contributed by atoms with van der Waals surface area (Å²) in [5.41, 5.74) is 1.78. The van der Waals surface area contributed by atoms with Gasteiger partial charge in [0.15, 0.2) is 5.78 Å². The first-order valence-electron chi connectivity index (χ1n) is 6.63. The van der Waals surface area contributed by atoms with Crippen molar-refractivity contribution in [2.75, 3.05) is 6.61 Å². The molecule has 1 aliphatic heterocycles. The van der Waals surface area contributed by atoms with Crippen LogP contribution in [-0.2, 0) is 4.74 Å². The van der Waals surface area contributed by atoms with E-state index in [9.17, 15) is 4.79 Å². The lowest BCUT2D eigenvalue weighted by molar-refractivity contribution is 0.0690. The maximum absolute atomic E-state index is 12.7. The van der Waals surface area contributed by atoms with Crippen molar-refractivity contribution in [1.82, 2.24) is 4.98 Å². The number of rotatable bonds is 3. The second kappa shape index (κ2) is 5.10. The van der Waals surface area contributed by atoms with Gasteiger partial charge in [-0.15, -0.1) is 0 Å². The van der Waals surface area contributed by atoms with E-state index in [4.69, 9.17) is 4.74 Å². The third-order valence-electron chi connectivity index (χ3n) is 3.86. The number of aromatic nitrogens is 1. The highest BCUT2D eigenvalue weighted by atomic mass is 79.9. The number of carbonyl (C=O) groups excluding carboxylic acids is 1. The average Bonchev–Trinajstić information content (AvgIpc) is 3.03. The average molecular weight is 322 g/mol. The molecule has 3 rings (SSSR count). The van der Waals surface area contributed by atoms with Gasteiger partial charge in [0.2, 0.25) is 0 Å². The monoisotopic (exact) mass is 321 g/mol. The van der Waals surface area contributed by atoms with Crippen LogP contribution in [0.25, 0.3) is 10.9 Å². The Morgan fingerprint density at radius 2 is 2.37 bits per heavy atom. The van der Waals surface area contributed by atoms with Crippen LogP contribution >= 0.6 is 15.9 Å². The van der Waals surface area contributed by atoms with Crippen molar-refractivity contribution in [2.24, 2.45) is 5.92 Å². The number of H-pyrrole nitrogens is 1. The summed E-state index contributed by atoms with van der Waals surface area (Å²) in [6, 6.07) is 5.95. The summed E-state index contributed by atoms with van der Waals surface area (Å²) in [7, 11) is 0. The van der Waals surface area contributed by atoms with Crippen LogP contribution in [0.2, 0.25) is 0 Å². The Morgan fingerprint density at radius 1 is 1.53 bits per heavy atom. The van der Waals surface area contributed by atoms with Gasteiger partial charge in [0.05, 0.1) is 12.0 Å². The standard InChI is InChI=1S/C15H16BrNO2/c1-2-14-10(5-6-19-14)15(18)12-8-17-13-4-3-9(16)7-11(12)13/h3-4,7-8,10,14,17H,2,5-6H2,1H3. The quantitative estimate of drug-likeness (QED) is 0.870. The molecule has 19 heavy (non-hydrogen) atoms. The molecule has 1 fully saturated rings. The van der Waals surface area contributed by atoms with Crippen molar-refractivity contribution in [2.45, 2.75) is 25.9 Å². The summed E-state index contributed by atoms with van der Waals surface area (Å²) in [4.78, 5) is 15.9. The van der Waals surface area contributed by atoms with Crippen molar-refractivity contribution in [3.05, 3.63) is 34.4 Å². The zero-order chi connectivity index (χ0) is 13.4. The van der Waals surface area contributed by atoms with E-state index in [0.29, 0.717) is 6.61 Å². The van der Waals surface area contributed by atoms with Crippen molar-refractivity contribution in [1.29, 1.82) is 0 Å². The van der Waals surface area contributed by atoms with Crippen LogP contribution in [0.1, 0.15) is 30.1 Å². The van der Waals surface area contributed by atoms with Crippen LogP contribution in [0.4, 0.5) is 0 Å². The maximum atomic E-state index is 12.7. The number of benzene rings is 1. The van der Waals surface area contributed by atoms with Gasteiger partial charge < -0.3 is 9.72 Å². The molecule has 0 radical (unpaired) electrons. The molecule has 1 N–H and O–H groups in total. The number of fused-ring (bicyclic) bond motifs is 1. The van der Waals surface area contributed by atoms with Crippen LogP contribution in [0.5, 0.6) is 0 Å². The van der Waals surface area contributed by atoms with Crippen molar-refractivity contribution in [3.8, 4) is 0 Å². The molecule has 4 heteroatoms. The largest absolute Gasteiger partial charge is 0.377 e. The smallest absolute Gasteiger partial charge is 0.170 e. The minimum atomic E-state index is 0.00276. The first-order valence-corrected chi connectivity index (χ1v) is 7.42. The van der Waals surface area contributed by atoms with Gasteiger partial charge >= 0.3 is 0 Å². The topological polar surface area (TPSA) is 42.1 Å². The Bertz CT molecular complexity index is 620. The number of aromatic amines is 1. The number of Topliss-reactive ketones (excluding diaryl/α,β-unsaturated/α-hetero) is 1. The van der Waals surface area contributed by atoms with Gasteiger partial charge in [-0.2, -0.15) is 0 Å². The number of hydrogen-bond acceptors (Lipinski definition) is 2. The normalized spacial score (nSPS) is 23.1. The van der Waals surface area contributed by atoms with Gasteiger partial charge in [0.25, 0.3) is 0 Å². The molecule has 0 spiro atoms. The fourth-order valence-corrected chi connectivity index (χ4v) is 3.21. The number of halogens is 1. The Balaban J connectivity index is 1.99. The summed E-state index contributed by atoms with van der Waals surface area (Å²) in [6.07, 6.45) is 3.62. The lowest BCUT2D eigenvalue weighted by atomic mass is 9.90. The summed E-state index contributed by atoms with van der Waals surface area (Å²) in [5.74, 6) is 0.205. The first-order chi connectivity index (χ1) is 9.20. The van der Waals surface area contributed by atoms with Gasteiger partial charge in [-0.1, -0.05) is 22.9 Å². The zero-order valence-electron chi connectivity index (χ0n) is 10.8. The van der Waals surface area contributed by atoms with Gasteiger partial charge in [-0.3, -0.25) is 4.79 Å². The molecule has 100 valence electrons. The Morgan fingerprint density at radius 3 is 3.16 bits per heavy atom. The van der Waals surface area contributed by atoms with E-state index < -0.39 is 0 Å². The number of nitrogens with one attached hydrogen (secondary N) is 1. The molecule has 0 aliphatic carbocycles. The molecule has 2 unspecified atom stereocenters. The highest BCUT2D eigenvalue weighted by Gasteiger charge is 2.34. The second-order valence-corrected chi connectivity index (χ2v) is 5.88. The summed E-state index contributed by atoms with van der Waals surface area (Å²) in [5, 5.41) is 0.987. The molecule has 2 aromatic rings. The van der Waals surface area contributed by atoms with Gasteiger partial charge in [-0.25, -0.2) is 0 Å². The third-order valence-corrected chi connectivity index (χ3v) is 4.35. The lowest BCUT2D eigenvalue weighted by Gasteiger charge is -2.15. The number of carbonyl (C=O) groups is 1. The third kappa shape index (κ3) is 2.23. The molecule has 0 amide bonds.